The Kier molecular flexibility index (Phi) is 10.0. The van der Waals surface area contributed by atoms with Crippen LogP contribution >= 0.6 is 0 Å². The number of carboxylic acids is 1. The molecule has 0 aromatic rings. The van der Waals surface area contributed by atoms with E-state index in [-0.39, 0.29) is 39.4 Å². The quantitative estimate of drug-likeness (QED) is 0.613. The number of carbonyl (C=O) groups is 3. The summed E-state index contributed by atoms with van der Waals surface area (Å²) in [5.41, 5.74) is -2.49. The minimum Gasteiger partial charge on any atom is -0.479 e. The molecule has 0 rings (SSSR count). The van der Waals surface area contributed by atoms with Crippen molar-refractivity contribution in [2.75, 3.05) is 13.2 Å². The van der Waals surface area contributed by atoms with Gasteiger partial charge in [0.15, 0.2) is 5.60 Å². The topological polar surface area (TPSA) is 110 Å². The minimum atomic E-state index is -2.49. The van der Waals surface area contributed by atoms with Gasteiger partial charge in [0, 0.05) is 26.2 Å². The Morgan fingerprint density at radius 2 is 1.33 bits per heavy atom. The molecule has 0 bridgehead atoms. The second-order valence-electron chi connectivity index (χ2n) is 3.30. The van der Waals surface area contributed by atoms with Crippen LogP contribution in [0.25, 0.3) is 0 Å². The average Bonchev–Trinajstić information content (AvgIpc) is 2.17. The second kappa shape index (κ2) is 9.22. The molecule has 2 N–H and O–H groups in total. The molecule has 0 aliphatic carbocycles. The fraction of sp³-hybridized carbons (Fsp3) is 0.700. The number of rotatable bonds is 7. The number of esters is 2. The van der Waals surface area contributed by atoms with Crippen molar-refractivity contribution in [3.8, 4) is 0 Å². The summed E-state index contributed by atoms with van der Waals surface area (Å²) in [5.74, 6) is -3.44. The molecule has 7 nitrogen and oxygen atoms in total. The van der Waals surface area contributed by atoms with Gasteiger partial charge in [0.1, 0.15) is 0 Å². The number of carboxylic acid groups (broad SMARTS) is 1. The summed E-state index contributed by atoms with van der Waals surface area (Å²) in [6.45, 7) is 3.22. The van der Waals surface area contributed by atoms with Crippen LogP contribution in [0.1, 0.15) is 26.7 Å². The first-order valence-corrected chi connectivity index (χ1v) is 5.12. The van der Waals surface area contributed by atoms with E-state index in [0.29, 0.717) is 0 Å². The minimum absolute atomic E-state index is 0. The third-order valence-electron chi connectivity index (χ3n) is 1.88. The van der Waals surface area contributed by atoms with E-state index >= 15 is 0 Å². The Morgan fingerprint density at radius 3 is 1.56 bits per heavy atom. The molecule has 0 aliphatic rings. The zero-order valence-electron chi connectivity index (χ0n) is 10.3. The molecule has 0 atom stereocenters. The van der Waals surface area contributed by atoms with Crippen LogP contribution in [0.15, 0.2) is 0 Å². The van der Waals surface area contributed by atoms with E-state index in [1.165, 1.54) is 0 Å². The van der Waals surface area contributed by atoms with E-state index in [2.05, 4.69) is 9.47 Å². The van der Waals surface area contributed by atoms with Gasteiger partial charge in [-0.2, -0.15) is 0 Å². The number of aliphatic hydroxyl groups is 1. The normalized spacial score (nSPS) is 10.2. The fourth-order valence-electron chi connectivity index (χ4n) is 1.12. The summed E-state index contributed by atoms with van der Waals surface area (Å²) in [6.07, 6.45) is -1.59. The van der Waals surface area contributed by atoms with E-state index in [1.807, 2.05) is 0 Å². The summed E-state index contributed by atoms with van der Waals surface area (Å²) in [5, 5.41) is 18.5. The van der Waals surface area contributed by atoms with Gasteiger partial charge < -0.3 is 19.7 Å². The predicted octanol–water partition coefficient (Wildman–Crippen LogP) is -0.294. The summed E-state index contributed by atoms with van der Waals surface area (Å²) in [4.78, 5) is 33.0. The van der Waals surface area contributed by atoms with Crippen LogP contribution in [0.5, 0.6) is 0 Å². The standard InChI is InChI=1S/C10H16O7.Zr/c1-3-16-7(11)5-10(15,9(13)14)6-8(12)17-4-2;/h15H,3-6H2,1-2H3,(H,13,14);. The molecule has 0 unspecified atom stereocenters. The number of hydrogen-bond acceptors (Lipinski definition) is 6. The van der Waals surface area contributed by atoms with Crippen LogP contribution in [0, 0.1) is 0 Å². The first kappa shape index (κ1) is 19.6. The molecule has 0 aromatic carbocycles. The van der Waals surface area contributed by atoms with Gasteiger partial charge in [0.05, 0.1) is 26.1 Å². The van der Waals surface area contributed by atoms with Gasteiger partial charge in [0.25, 0.3) is 0 Å². The van der Waals surface area contributed by atoms with Crippen molar-refractivity contribution < 1.29 is 60.3 Å². The van der Waals surface area contributed by atoms with Crippen LogP contribution in [0.4, 0.5) is 0 Å². The van der Waals surface area contributed by atoms with Gasteiger partial charge in [-0.1, -0.05) is 0 Å². The molecule has 0 aliphatic heterocycles. The molecule has 0 fully saturated rings. The van der Waals surface area contributed by atoms with Crippen molar-refractivity contribution in [1.29, 1.82) is 0 Å². The number of hydrogen-bond donors (Lipinski definition) is 2. The molecule has 102 valence electrons. The Hall–Kier alpha value is -0.747. The van der Waals surface area contributed by atoms with Gasteiger partial charge in [-0.25, -0.2) is 4.79 Å². The fourth-order valence-corrected chi connectivity index (χ4v) is 1.12. The van der Waals surface area contributed by atoms with Crippen molar-refractivity contribution in [2.24, 2.45) is 0 Å². The van der Waals surface area contributed by atoms with Gasteiger partial charge in [-0.3, -0.25) is 9.59 Å². The third kappa shape index (κ3) is 6.86. The van der Waals surface area contributed by atoms with E-state index in [0.717, 1.165) is 0 Å². The van der Waals surface area contributed by atoms with Gasteiger partial charge in [0.2, 0.25) is 0 Å². The van der Waals surface area contributed by atoms with Crippen LogP contribution in [-0.2, 0) is 50.1 Å². The van der Waals surface area contributed by atoms with E-state index in [4.69, 9.17) is 5.11 Å². The maximum Gasteiger partial charge on any atom is 0.336 e. The van der Waals surface area contributed by atoms with Gasteiger partial charge in [-0.15, -0.1) is 0 Å². The molecule has 0 spiro atoms. The van der Waals surface area contributed by atoms with Crippen LogP contribution in [-0.4, -0.2) is 46.9 Å². The Morgan fingerprint density at radius 1 is 1.00 bits per heavy atom. The maximum absolute atomic E-state index is 11.1. The predicted molar refractivity (Wildman–Crippen MR) is 55.1 cm³/mol. The first-order valence-electron chi connectivity index (χ1n) is 5.12. The Balaban J connectivity index is 0. The van der Waals surface area contributed by atoms with Crippen molar-refractivity contribution >= 4 is 17.9 Å². The smallest absolute Gasteiger partial charge is 0.336 e. The second-order valence-corrected chi connectivity index (χ2v) is 3.30. The SMILES string of the molecule is CCOC(=O)CC(O)(CC(=O)OCC)C(=O)O.[Zr]. The number of aliphatic carboxylic acids is 1. The van der Waals surface area contributed by atoms with Crippen molar-refractivity contribution in [1.82, 2.24) is 0 Å². The Labute approximate surface area is 124 Å². The van der Waals surface area contributed by atoms with Crippen molar-refractivity contribution in [2.45, 2.75) is 32.3 Å². The summed E-state index contributed by atoms with van der Waals surface area (Å²) >= 11 is 0. The summed E-state index contributed by atoms with van der Waals surface area (Å²) in [7, 11) is 0. The number of carbonyl (C=O) groups excluding carboxylic acids is 2. The zero-order valence-corrected chi connectivity index (χ0v) is 12.7. The van der Waals surface area contributed by atoms with E-state index in [1.54, 1.807) is 13.8 Å². The molecular weight excluding hydrogens is 323 g/mol. The molecule has 0 amide bonds. The Bertz CT molecular complexity index is 283. The molecule has 8 heteroatoms. The molecule has 18 heavy (non-hydrogen) atoms. The van der Waals surface area contributed by atoms with Crippen LogP contribution in [0.3, 0.4) is 0 Å². The summed E-state index contributed by atoms with van der Waals surface area (Å²) in [6, 6.07) is 0. The zero-order chi connectivity index (χ0) is 13.5. The monoisotopic (exact) mass is 338 g/mol. The van der Waals surface area contributed by atoms with Gasteiger partial charge in [-0.05, 0) is 13.8 Å². The largest absolute Gasteiger partial charge is 0.479 e. The van der Waals surface area contributed by atoms with E-state index in [9.17, 15) is 19.5 Å². The third-order valence-corrected chi connectivity index (χ3v) is 1.88. The molecule has 0 aromatic heterocycles. The molecule has 0 saturated carbocycles. The molecular formula is C10H16O7Zr. The van der Waals surface area contributed by atoms with Crippen molar-refractivity contribution in [3.63, 3.8) is 0 Å². The first-order chi connectivity index (χ1) is 7.85. The molecule has 0 saturated heterocycles. The summed E-state index contributed by atoms with van der Waals surface area (Å²) < 4.78 is 9.03. The van der Waals surface area contributed by atoms with Crippen molar-refractivity contribution in [3.05, 3.63) is 0 Å². The van der Waals surface area contributed by atoms with E-state index < -0.39 is 36.4 Å². The van der Waals surface area contributed by atoms with Crippen LogP contribution < -0.4 is 0 Å². The molecule has 0 radical (unpaired) electrons. The number of ether oxygens (including phenoxy) is 2. The average molecular weight is 339 g/mol. The van der Waals surface area contributed by atoms with Gasteiger partial charge >= 0.3 is 17.9 Å². The molecule has 0 heterocycles. The maximum atomic E-state index is 11.1. The van der Waals surface area contributed by atoms with Crippen LogP contribution in [0.2, 0.25) is 0 Å².